The summed E-state index contributed by atoms with van der Waals surface area (Å²) in [7, 11) is 3.51. The second-order valence-corrected chi connectivity index (χ2v) is 9.56. The van der Waals surface area contributed by atoms with Crippen LogP contribution in [0, 0.1) is 0 Å². The zero-order valence-electron chi connectivity index (χ0n) is 21.7. The molecule has 5 aromatic rings. The Morgan fingerprint density at radius 3 is 2.33 bits per heavy atom. The van der Waals surface area contributed by atoms with E-state index in [2.05, 4.69) is 11.4 Å². The number of amides is 2. The molecule has 1 aliphatic heterocycles. The summed E-state index contributed by atoms with van der Waals surface area (Å²) in [5, 5.41) is 4.16. The third-order valence-electron chi connectivity index (χ3n) is 7.19. The van der Waals surface area contributed by atoms with Crippen LogP contribution in [0.2, 0.25) is 0 Å². The van der Waals surface area contributed by atoms with Crippen LogP contribution < -0.4 is 20.6 Å². The number of fused-ring (bicyclic) bond motifs is 2. The summed E-state index contributed by atoms with van der Waals surface area (Å²) < 4.78 is 9.06. The molecule has 0 aliphatic carbocycles. The molecule has 3 N–H and O–H groups in total. The summed E-state index contributed by atoms with van der Waals surface area (Å²) >= 11 is 0. The number of hydrogen-bond donors (Lipinski definition) is 2. The molecule has 0 saturated carbocycles. The number of hydrogen-bond acceptors (Lipinski definition) is 5. The average Bonchev–Trinajstić information content (AvgIpc) is 3.58. The smallest absolute Gasteiger partial charge is 0.259 e. The maximum Gasteiger partial charge on any atom is 0.259 e. The molecule has 8 heteroatoms. The molecule has 3 heterocycles. The fourth-order valence-electron chi connectivity index (χ4n) is 5.30. The predicted molar refractivity (Wildman–Crippen MR) is 151 cm³/mol. The molecule has 0 saturated heterocycles. The van der Waals surface area contributed by atoms with Crippen LogP contribution in [0.4, 0.5) is 0 Å². The predicted octanol–water partition coefficient (Wildman–Crippen LogP) is 3.84. The Labute approximate surface area is 225 Å². The first kappa shape index (κ1) is 24.5. The van der Waals surface area contributed by atoms with Crippen molar-refractivity contribution in [3.8, 4) is 5.75 Å². The van der Waals surface area contributed by atoms with E-state index >= 15 is 0 Å². The molecule has 0 unspecified atom stereocenters. The number of imide groups is 1. The van der Waals surface area contributed by atoms with Gasteiger partial charge in [0.1, 0.15) is 12.4 Å². The number of methoxy groups -OCH3 is 1. The number of para-hydroxylation sites is 1. The van der Waals surface area contributed by atoms with Crippen LogP contribution in [-0.2, 0) is 29.6 Å². The van der Waals surface area contributed by atoms with Crippen molar-refractivity contribution in [2.45, 2.75) is 13.0 Å². The van der Waals surface area contributed by atoms with Crippen LogP contribution in [0.3, 0.4) is 0 Å². The molecule has 0 fully saturated rings. The highest BCUT2D eigenvalue weighted by molar-refractivity contribution is 6.50. The lowest BCUT2D eigenvalue weighted by Gasteiger charge is -2.09. The van der Waals surface area contributed by atoms with Gasteiger partial charge in [0.2, 0.25) is 0 Å². The van der Waals surface area contributed by atoms with Gasteiger partial charge in [-0.2, -0.15) is 4.73 Å². The molecule has 3 aromatic carbocycles. The van der Waals surface area contributed by atoms with Crippen molar-refractivity contribution < 1.29 is 19.2 Å². The zero-order valence-corrected chi connectivity index (χ0v) is 21.7. The summed E-state index contributed by atoms with van der Waals surface area (Å²) in [6, 6.07) is 21.5. The Bertz CT molecular complexity index is 1790. The van der Waals surface area contributed by atoms with E-state index in [0.29, 0.717) is 47.6 Å². The van der Waals surface area contributed by atoms with Crippen molar-refractivity contribution in [3.63, 3.8) is 0 Å². The monoisotopic (exact) mass is 520 g/mol. The molecule has 196 valence electrons. The molecular weight excluding hydrogens is 492 g/mol. The second kappa shape index (κ2) is 9.81. The minimum Gasteiger partial charge on any atom is -0.497 e. The Morgan fingerprint density at radius 1 is 0.821 bits per heavy atom. The highest BCUT2D eigenvalue weighted by Gasteiger charge is 2.35. The lowest BCUT2D eigenvalue weighted by atomic mass is 9.95. The second-order valence-electron chi connectivity index (χ2n) is 9.56. The summed E-state index contributed by atoms with van der Waals surface area (Å²) in [6.45, 7) is 0.911. The SMILES string of the molecule is COc1ccc2c(c1)c(C1=C(c3cn(OCCc4cccc(CN)c4)c4ccccc34)C(=O)NC1=O)cn2C. The van der Waals surface area contributed by atoms with Gasteiger partial charge in [-0.3, -0.25) is 14.9 Å². The largest absolute Gasteiger partial charge is 0.497 e. The Balaban J connectivity index is 1.44. The van der Waals surface area contributed by atoms with E-state index in [1.54, 1.807) is 18.0 Å². The molecular formula is C31H28N4O4. The van der Waals surface area contributed by atoms with Crippen LogP contribution in [-0.4, -0.2) is 34.8 Å². The van der Waals surface area contributed by atoms with E-state index < -0.39 is 11.8 Å². The molecule has 0 bridgehead atoms. The van der Waals surface area contributed by atoms with E-state index in [-0.39, 0.29) is 0 Å². The van der Waals surface area contributed by atoms with E-state index in [1.165, 1.54) is 0 Å². The van der Waals surface area contributed by atoms with Gasteiger partial charge in [-0.25, -0.2) is 0 Å². The summed E-state index contributed by atoms with van der Waals surface area (Å²) in [4.78, 5) is 32.7. The van der Waals surface area contributed by atoms with E-state index in [9.17, 15) is 9.59 Å². The van der Waals surface area contributed by atoms with Gasteiger partial charge in [0.25, 0.3) is 11.8 Å². The third-order valence-corrected chi connectivity index (χ3v) is 7.19. The van der Waals surface area contributed by atoms with Gasteiger partial charge < -0.3 is 19.9 Å². The van der Waals surface area contributed by atoms with Gasteiger partial charge in [0, 0.05) is 53.6 Å². The van der Waals surface area contributed by atoms with Gasteiger partial charge in [-0.05, 0) is 35.4 Å². The minimum absolute atomic E-state index is 0.324. The highest BCUT2D eigenvalue weighted by Crippen LogP contribution is 2.39. The minimum atomic E-state index is -0.434. The average molecular weight is 521 g/mol. The summed E-state index contributed by atoms with van der Waals surface area (Å²) in [5.74, 6) is -0.192. The van der Waals surface area contributed by atoms with Crippen LogP contribution in [0.15, 0.2) is 79.1 Å². The Morgan fingerprint density at radius 2 is 1.56 bits per heavy atom. The number of ether oxygens (including phenoxy) is 1. The van der Waals surface area contributed by atoms with Gasteiger partial charge in [-0.15, -0.1) is 0 Å². The van der Waals surface area contributed by atoms with Crippen LogP contribution in [0.1, 0.15) is 22.3 Å². The summed E-state index contributed by atoms with van der Waals surface area (Å²) in [6.07, 6.45) is 4.36. The normalized spacial score (nSPS) is 13.5. The molecule has 8 nitrogen and oxygen atoms in total. The van der Waals surface area contributed by atoms with E-state index in [1.807, 2.05) is 78.5 Å². The van der Waals surface area contributed by atoms with Gasteiger partial charge >= 0.3 is 0 Å². The lowest BCUT2D eigenvalue weighted by molar-refractivity contribution is -0.122. The molecule has 2 amide bonds. The number of nitrogens with two attached hydrogens (primary N) is 1. The molecule has 2 aromatic heterocycles. The first-order valence-electron chi connectivity index (χ1n) is 12.7. The van der Waals surface area contributed by atoms with E-state index in [4.69, 9.17) is 15.3 Å². The number of aromatic nitrogens is 2. The quantitative estimate of drug-likeness (QED) is 0.303. The topological polar surface area (TPSA) is 101 Å². The van der Waals surface area contributed by atoms with Crippen LogP contribution in [0.25, 0.3) is 33.0 Å². The fraction of sp³-hybridized carbons (Fsp3) is 0.161. The molecule has 0 radical (unpaired) electrons. The number of carbonyl (C=O) groups excluding carboxylic acids is 2. The number of nitrogens with one attached hydrogen (secondary N) is 1. The number of rotatable bonds is 8. The van der Waals surface area contributed by atoms with Crippen molar-refractivity contribution >= 4 is 44.8 Å². The van der Waals surface area contributed by atoms with Crippen molar-refractivity contribution in [2.24, 2.45) is 12.8 Å². The number of carbonyl (C=O) groups is 2. The third kappa shape index (κ3) is 4.24. The van der Waals surface area contributed by atoms with Crippen molar-refractivity contribution in [1.82, 2.24) is 14.6 Å². The maximum absolute atomic E-state index is 13.3. The molecule has 1 aliphatic rings. The molecule has 39 heavy (non-hydrogen) atoms. The first-order valence-corrected chi connectivity index (χ1v) is 12.7. The summed E-state index contributed by atoms with van der Waals surface area (Å²) in [5.41, 5.74) is 11.7. The molecule has 0 spiro atoms. The maximum atomic E-state index is 13.3. The standard InChI is InChI=1S/C31H28N4O4/c1-34-17-24(23-15-21(38-2)10-11-26(23)34)28-29(31(37)33-30(28)36)25-18-35(27-9-4-3-8-22(25)27)39-13-12-19-6-5-7-20(14-19)16-32/h3-11,14-15,17-18H,12-13,16,32H2,1-2H3,(H,33,36,37). The number of aryl methyl sites for hydroxylation is 1. The first-order chi connectivity index (χ1) is 19.0. The van der Waals surface area contributed by atoms with Gasteiger partial charge in [0.05, 0.1) is 30.0 Å². The Hall–Kier alpha value is -4.82. The van der Waals surface area contributed by atoms with Crippen LogP contribution >= 0.6 is 0 Å². The Kier molecular flexibility index (Phi) is 6.17. The van der Waals surface area contributed by atoms with Gasteiger partial charge in [0.15, 0.2) is 0 Å². The number of benzene rings is 3. The van der Waals surface area contributed by atoms with Crippen LogP contribution in [0.5, 0.6) is 5.75 Å². The molecule has 0 atom stereocenters. The highest BCUT2D eigenvalue weighted by atomic mass is 16.7. The fourth-order valence-corrected chi connectivity index (χ4v) is 5.30. The van der Waals surface area contributed by atoms with Crippen molar-refractivity contribution in [1.29, 1.82) is 0 Å². The number of nitrogens with zero attached hydrogens (tertiary/aromatic N) is 2. The lowest BCUT2D eigenvalue weighted by Crippen LogP contribution is -2.22. The van der Waals surface area contributed by atoms with E-state index in [0.717, 1.165) is 32.9 Å². The van der Waals surface area contributed by atoms with Gasteiger partial charge in [-0.1, -0.05) is 42.5 Å². The zero-order chi connectivity index (χ0) is 27.1. The van der Waals surface area contributed by atoms with Crippen molar-refractivity contribution in [2.75, 3.05) is 13.7 Å². The molecule has 6 rings (SSSR count). The van der Waals surface area contributed by atoms with Crippen molar-refractivity contribution in [3.05, 3.63) is 101 Å².